The number of benzene rings is 2. The number of nitrogens with one attached hydrogen (secondary N) is 1. The van der Waals surface area contributed by atoms with Crippen molar-refractivity contribution in [2.45, 2.75) is 6.54 Å². The highest BCUT2D eigenvalue weighted by atomic mass is 35.5. The Labute approximate surface area is 189 Å². The molecular weight excluding hydrogens is 437 g/mol. The number of methoxy groups -OCH3 is 1. The van der Waals surface area contributed by atoms with Crippen LogP contribution in [0.15, 0.2) is 72.7 Å². The predicted octanol–water partition coefficient (Wildman–Crippen LogP) is 4.79. The maximum atomic E-state index is 13.3. The van der Waals surface area contributed by atoms with Crippen molar-refractivity contribution < 1.29 is 14.3 Å². The van der Waals surface area contributed by atoms with Gasteiger partial charge in [-0.05, 0) is 47.5 Å². The van der Waals surface area contributed by atoms with E-state index in [1.807, 2.05) is 6.07 Å². The van der Waals surface area contributed by atoms with Crippen molar-refractivity contribution >= 4 is 46.3 Å². The van der Waals surface area contributed by atoms with E-state index < -0.39 is 11.8 Å². The molecule has 0 bridgehead atoms. The minimum Gasteiger partial charge on any atom is -0.495 e. The summed E-state index contributed by atoms with van der Waals surface area (Å²) in [6, 6.07) is 15.4. The Hall–Kier alpha value is -3.35. The van der Waals surface area contributed by atoms with Crippen LogP contribution >= 0.6 is 23.2 Å². The minimum atomic E-state index is -0.439. The van der Waals surface area contributed by atoms with Gasteiger partial charge in [-0.25, -0.2) is 0 Å². The molecule has 6 nitrogen and oxygen atoms in total. The average Bonchev–Trinajstić information content (AvgIpc) is 3.00. The quantitative estimate of drug-likeness (QED) is 0.543. The number of carbonyl (C=O) groups excluding carboxylic acids is 2. The van der Waals surface area contributed by atoms with E-state index in [4.69, 9.17) is 27.9 Å². The van der Waals surface area contributed by atoms with Crippen LogP contribution in [-0.2, 0) is 16.1 Å². The largest absolute Gasteiger partial charge is 0.495 e. The van der Waals surface area contributed by atoms with Crippen molar-refractivity contribution in [3.05, 3.63) is 93.9 Å². The number of aromatic nitrogens is 1. The second-order valence-electron chi connectivity index (χ2n) is 6.79. The molecule has 0 unspecified atom stereocenters. The molecule has 0 spiro atoms. The number of hydrogen-bond acceptors (Lipinski definition) is 5. The zero-order chi connectivity index (χ0) is 22.0. The van der Waals surface area contributed by atoms with Gasteiger partial charge in [0.05, 0.1) is 24.3 Å². The molecule has 0 saturated carbocycles. The zero-order valence-corrected chi connectivity index (χ0v) is 17.9. The summed E-state index contributed by atoms with van der Waals surface area (Å²) in [6.45, 7) is 0.108. The van der Waals surface area contributed by atoms with E-state index in [9.17, 15) is 9.59 Å². The van der Waals surface area contributed by atoms with Crippen molar-refractivity contribution in [3.8, 4) is 5.75 Å². The van der Waals surface area contributed by atoms with Crippen LogP contribution in [0, 0.1) is 0 Å². The smallest absolute Gasteiger partial charge is 0.278 e. The first-order valence-corrected chi connectivity index (χ1v) is 10.1. The van der Waals surface area contributed by atoms with E-state index in [0.717, 1.165) is 5.56 Å². The number of anilines is 1. The maximum absolute atomic E-state index is 13.3. The van der Waals surface area contributed by atoms with Crippen LogP contribution in [0.4, 0.5) is 5.69 Å². The van der Waals surface area contributed by atoms with Gasteiger partial charge >= 0.3 is 0 Å². The molecule has 1 aromatic heterocycles. The molecule has 2 aromatic carbocycles. The molecule has 31 heavy (non-hydrogen) atoms. The topological polar surface area (TPSA) is 71.5 Å². The van der Waals surface area contributed by atoms with Gasteiger partial charge in [-0.1, -0.05) is 41.4 Å². The standard InChI is InChI=1S/C23H17Cl2N3O3/c1-31-19-9-8-17(11-18(19)25)27-21-20(15-4-6-16(24)7-5-15)22(29)28(23(21)30)13-14-3-2-10-26-12-14/h2-12,27H,13H2,1H3. The van der Waals surface area contributed by atoms with Crippen LogP contribution in [0.2, 0.25) is 10.0 Å². The lowest BCUT2D eigenvalue weighted by atomic mass is 10.0. The van der Waals surface area contributed by atoms with Gasteiger partial charge in [0.2, 0.25) is 0 Å². The summed E-state index contributed by atoms with van der Waals surface area (Å²) in [5, 5.41) is 3.98. The van der Waals surface area contributed by atoms with Crippen molar-refractivity contribution in [3.63, 3.8) is 0 Å². The lowest BCUT2D eigenvalue weighted by Crippen LogP contribution is -2.32. The monoisotopic (exact) mass is 453 g/mol. The van der Waals surface area contributed by atoms with Crippen LogP contribution in [0.3, 0.4) is 0 Å². The fourth-order valence-electron chi connectivity index (χ4n) is 3.28. The molecule has 1 aliphatic heterocycles. The number of pyridine rings is 1. The van der Waals surface area contributed by atoms with Gasteiger partial charge in [0.1, 0.15) is 11.4 Å². The second-order valence-corrected chi connectivity index (χ2v) is 7.63. The SMILES string of the molecule is COc1ccc(NC2=C(c3ccc(Cl)cc3)C(=O)N(Cc3cccnc3)C2=O)cc1Cl. The molecule has 156 valence electrons. The van der Waals surface area contributed by atoms with Gasteiger partial charge < -0.3 is 10.1 Å². The van der Waals surface area contributed by atoms with Crippen LogP contribution in [0.5, 0.6) is 5.75 Å². The number of imide groups is 1. The molecule has 1 aliphatic rings. The summed E-state index contributed by atoms with van der Waals surface area (Å²) in [4.78, 5) is 31.8. The lowest BCUT2D eigenvalue weighted by molar-refractivity contribution is -0.137. The van der Waals surface area contributed by atoms with Gasteiger partial charge in [-0.2, -0.15) is 0 Å². The Balaban J connectivity index is 1.74. The number of halogens is 2. The molecule has 0 aliphatic carbocycles. The third-order valence-corrected chi connectivity index (χ3v) is 5.33. The fourth-order valence-corrected chi connectivity index (χ4v) is 3.67. The molecule has 4 rings (SSSR count). The second kappa shape index (κ2) is 8.79. The van der Waals surface area contributed by atoms with Crippen molar-refractivity contribution in [2.24, 2.45) is 0 Å². The Morgan fingerprint density at radius 1 is 1.03 bits per heavy atom. The third-order valence-electron chi connectivity index (χ3n) is 4.79. The molecule has 2 amide bonds. The molecule has 8 heteroatoms. The van der Waals surface area contributed by atoms with Crippen LogP contribution in [0.25, 0.3) is 5.57 Å². The lowest BCUT2D eigenvalue weighted by Gasteiger charge is -2.15. The number of rotatable bonds is 6. The molecule has 0 atom stereocenters. The first-order chi connectivity index (χ1) is 15.0. The predicted molar refractivity (Wildman–Crippen MR) is 120 cm³/mol. The summed E-state index contributed by atoms with van der Waals surface area (Å²) in [5.41, 5.74) is 2.30. The van der Waals surface area contributed by atoms with Gasteiger partial charge in [0.25, 0.3) is 11.8 Å². The summed E-state index contributed by atoms with van der Waals surface area (Å²) in [5.74, 6) is -0.338. The van der Waals surface area contributed by atoms with Crippen LogP contribution in [-0.4, -0.2) is 28.8 Å². The van der Waals surface area contributed by atoms with E-state index >= 15 is 0 Å². The molecule has 2 heterocycles. The van der Waals surface area contributed by atoms with Crippen molar-refractivity contribution in [2.75, 3.05) is 12.4 Å². The molecule has 3 aromatic rings. The van der Waals surface area contributed by atoms with E-state index in [0.29, 0.717) is 27.0 Å². The van der Waals surface area contributed by atoms with Crippen LogP contribution in [0.1, 0.15) is 11.1 Å². The number of nitrogens with zero attached hydrogens (tertiary/aromatic N) is 2. The molecule has 0 fully saturated rings. The van der Waals surface area contributed by atoms with E-state index in [-0.39, 0.29) is 17.8 Å². The normalized spacial score (nSPS) is 13.7. The molecule has 0 radical (unpaired) electrons. The van der Waals surface area contributed by atoms with Gasteiger partial charge in [0.15, 0.2) is 0 Å². The van der Waals surface area contributed by atoms with E-state index in [1.54, 1.807) is 60.9 Å². The Kier molecular flexibility index (Phi) is 5.93. The first kappa shape index (κ1) is 20.9. The highest BCUT2D eigenvalue weighted by molar-refractivity contribution is 6.37. The van der Waals surface area contributed by atoms with Gasteiger partial charge in [-0.3, -0.25) is 19.5 Å². The van der Waals surface area contributed by atoms with Crippen LogP contribution < -0.4 is 10.1 Å². The first-order valence-electron chi connectivity index (χ1n) is 9.34. The highest BCUT2D eigenvalue weighted by Gasteiger charge is 2.39. The zero-order valence-electron chi connectivity index (χ0n) is 16.4. The molecule has 1 N–H and O–H groups in total. The summed E-state index contributed by atoms with van der Waals surface area (Å²) in [7, 11) is 1.52. The van der Waals surface area contributed by atoms with E-state index in [2.05, 4.69) is 10.3 Å². The van der Waals surface area contributed by atoms with Gasteiger partial charge in [-0.15, -0.1) is 0 Å². The minimum absolute atomic E-state index is 0.108. The van der Waals surface area contributed by atoms with E-state index in [1.165, 1.54) is 12.0 Å². The van der Waals surface area contributed by atoms with Gasteiger partial charge in [0, 0.05) is 23.1 Å². The summed E-state index contributed by atoms with van der Waals surface area (Å²) < 4.78 is 5.17. The number of carbonyl (C=O) groups is 2. The Morgan fingerprint density at radius 3 is 2.45 bits per heavy atom. The Bertz CT molecular complexity index is 1180. The average molecular weight is 454 g/mol. The highest BCUT2D eigenvalue weighted by Crippen LogP contribution is 2.34. The number of ether oxygens (including phenoxy) is 1. The maximum Gasteiger partial charge on any atom is 0.278 e. The Morgan fingerprint density at radius 2 is 1.81 bits per heavy atom. The van der Waals surface area contributed by atoms with Crippen molar-refractivity contribution in [1.29, 1.82) is 0 Å². The fraction of sp³-hybridized carbons (Fsp3) is 0.0870. The number of amides is 2. The third kappa shape index (κ3) is 4.26. The molecular formula is C23H17Cl2N3O3. The summed E-state index contributed by atoms with van der Waals surface area (Å²) in [6.07, 6.45) is 3.26. The van der Waals surface area contributed by atoms with Crippen molar-refractivity contribution in [1.82, 2.24) is 9.88 Å². The number of hydrogen-bond donors (Lipinski definition) is 1. The summed E-state index contributed by atoms with van der Waals surface area (Å²) >= 11 is 12.2. The molecule has 0 saturated heterocycles.